The van der Waals surface area contributed by atoms with Gasteiger partial charge < -0.3 is 22.8 Å². The summed E-state index contributed by atoms with van der Waals surface area (Å²) in [5.41, 5.74) is 0.757. The second-order valence-corrected chi connectivity index (χ2v) is 21.8. The van der Waals surface area contributed by atoms with E-state index in [2.05, 4.69) is 59.0 Å². The van der Waals surface area contributed by atoms with Crippen molar-refractivity contribution < 1.29 is 22.8 Å². The van der Waals surface area contributed by atoms with E-state index >= 15 is 0 Å². The van der Waals surface area contributed by atoms with Crippen LogP contribution in [0.2, 0.25) is 51.9 Å². The maximum Gasteiger partial charge on any atom is 0.314 e. The summed E-state index contributed by atoms with van der Waals surface area (Å²) in [4.78, 5) is 0. The Balaban J connectivity index is 4.26. The van der Waals surface area contributed by atoms with Crippen LogP contribution in [0.15, 0.2) is 24.5 Å². The van der Waals surface area contributed by atoms with Gasteiger partial charge in [0, 0.05) is 6.61 Å². The van der Waals surface area contributed by atoms with E-state index < -0.39 is 31.3 Å². The summed E-state index contributed by atoms with van der Waals surface area (Å²) in [5, 5.41) is 9.89. The minimum Gasteiger partial charge on any atom is -0.491 e. The largest absolute Gasteiger partial charge is 0.491 e. The van der Waals surface area contributed by atoms with E-state index in [4.69, 9.17) is 17.7 Å². The predicted octanol–water partition coefficient (Wildman–Crippen LogP) is 4.64. The maximum atomic E-state index is 9.89. The van der Waals surface area contributed by atoms with E-state index in [1.54, 1.807) is 0 Å². The van der Waals surface area contributed by atoms with E-state index in [0.717, 1.165) is 18.0 Å². The van der Waals surface area contributed by atoms with Gasteiger partial charge >= 0.3 is 8.56 Å². The normalized spacial score (nSPS) is 14.2. The van der Waals surface area contributed by atoms with E-state index in [1.165, 1.54) is 0 Å². The van der Waals surface area contributed by atoms with Crippen LogP contribution in [0.4, 0.5) is 0 Å². The third-order valence-corrected chi connectivity index (χ3v) is 12.8. The standard InChI is InChI=1S/C18H40O5Si3/c1-16(2)17(3)21-15-18(19)14-20-12-11-13-26(10,22-24(4,5)6)23-25(7,8)9/h18-19H,1,3,11-15H2,2,4-10H3. The first-order chi connectivity index (χ1) is 11.6. The number of ether oxygens (including phenoxy) is 2. The van der Waals surface area contributed by atoms with Crippen LogP contribution < -0.4 is 0 Å². The maximum absolute atomic E-state index is 9.89. The van der Waals surface area contributed by atoms with Gasteiger partial charge in [-0.25, -0.2) is 0 Å². The molecule has 0 aliphatic heterocycles. The molecule has 0 fully saturated rings. The van der Waals surface area contributed by atoms with E-state index in [1.807, 2.05) is 6.92 Å². The lowest BCUT2D eigenvalue weighted by Crippen LogP contribution is -2.52. The van der Waals surface area contributed by atoms with Gasteiger partial charge in [-0.1, -0.05) is 13.2 Å². The highest BCUT2D eigenvalue weighted by Crippen LogP contribution is 2.25. The van der Waals surface area contributed by atoms with Crippen molar-refractivity contribution in [2.45, 2.75) is 71.3 Å². The Labute approximate surface area is 163 Å². The molecular formula is C18H40O5Si3. The molecule has 1 atom stereocenters. The second kappa shape index (κ2) is 10.9. The molecule has 1 unspecified atom stereocenters. The third-order valence-electron chi connectivity index (χ3n) is 3.20. The van der Waals surface area contributed by atoms with Gasteiger partial charge in [-0.05, 0) is 70.8 Å². The second-order valence-electron chi connectivity index (χ2n) is 8.91. The van der Waals surface area contributed by atoms with Crippen LogP contribution in [0.5, 0.6) is 0 Å². The lowest BCUT2D eigenvalue weighted by atomic mass is 10.3. The molecule has 154 valence electrons. The Morgan fingerprint density at radius 1 is 0.923 bits per heavy atom. The molecule has 0 radical (unpaired) electrons. The SMILES string of the molecule is C=C(C)C(=C)OCC(O)COCCC[Si](C)(O[Si](C)(C)C)O[Si](C)(C)C. The first-order valence-corrected chi connectivity index (χ1v) is 18.6. The fourth-order valence-corrected chi connectivity index (χ4v) is 15.0. The van der Waals surface area contributed by atoms with Crippen molar-refractivity contribution in [3.63, 3.8) is 0 Å². The molecule has 0 aliphatic carbocycles. The number of aliphatic hydroxyl groups excluding tert-OH is 1. The number of aliphatic hydroxyl groups is 1. The highest BCUT2D eigenvalue weighted by Gasteiger charge is 2.39. The summed E-state index contributed by atoms with van der Waals surface area (Å²) in [6.45, 7) is 25.7. The van der Waals surface area contributed by atoms with Crippen LogP contribution in [0.1, 0.15) is 13.3 Å². The van der Waals surface area contributed by atoms with Gasteiger partial charge in [-0.15, -0.1) is 0 Å². The van der Waals surface area contributed by atoms with Crippen LogP contribution >= 0.6 is 0 Å². The summed E-state index contributed by atoms with van der Waals surface area (Å²) >= 11 is 0. The quantitative estimate of drug-likeness (QED) is 0.192. The molecule has 5 nitrogen and oxygen atoms in total. The monoisotopic (exact) mass is 420 g/mol. The lowest BCUT2D eigenvalue weighted by molar-refractivity contribution is -0.00141. The smallest absolute Gasteiger partial charge is 0.314 e. The predicted molar refractivity (Wildman–Crippen MR) is 117 cm³/mol. The number of allylic oxidation sites excluding steroid dienone is 1. The average molecular weight is 421 g/mol. The van der Waals surface area contributed by atoms with Crippen LogP contribution in [-0.4, -0.2) is 56.2 Å². The average Bonchev–Trinajstić information content (AvgIpc) is 2.39. The van der Waals surface area contributed by atoms with Crippen LogP contribution in [0.25, 0.3) is 0 Å². The van der Waals surface area contributed by atoms with Crippen molar-refractivity contribution in [1.82, 2.24) is 0 Å². The zero-order valence-corrected chi connectivity index (χ0v) is 21.1. The van der Waals surface area contributed by atoms with Gasteiger partial charge in [0.05, 0.1) is 6.61 Å². The first kappa shape index (κ1) is 25.8. The van der Waals surface area contributed by atoms with Crippen molar-refractivity contribution in [1.29, 1.82) is 0 Å². The topological polar surface area (TPSA) is 57.2 Å². The Morgan fingerprint density at radius 3 is 1.85 bits per heavy atom. The van der Waals surface area contributed by atoms with E-state index in [9.17, 15) is 5.11 Å². The third kappa shape index (κ3) is 13.9. The zero-order valence-electron chi connectivity index (χ0n) is 18.1. The molecule has 0 heterocycles. The Kier molecular flexibility index (Phi) is 10.8. The van der Waals surface area contributed by atoms with Crippen molar-refractivity contribution in [3.05, 3.63) is 24.5 Å². The first-order valence-electron chi connectivity index (χ1n) is 9.27. The molecule has 0 saturated heterocycles. The van der Waals surface area contributed by atoms with Gasteiger partial charge in [0.25, 0.3) is 0 Å². The molecule has 0 spiro atoms. The summed E-state index contributed by atoms with van der Waals surface area (Å²) in [5.74, 6) is 0.498. The summed E-state index contributed by atoms with van der Waals surface area (Å²) in [6, 6.07) is 0.903. The highest BCUT2D eigenvalue weighted by molar-refractivity contribution is 6.87. The van der Waals surface area contributed by atoms with E-state index in [-0.39, 0.29) is 13.2 Å². The minimum atomic E-state index is -2.21. The Hall–Kier alpha value is -0.229. The summed E-state index contributed by atoms with van der Waals surface area (Å²) < 4.78 is 23.9. The number of hydrogen-bond acceptors (Lipinski definition) is 5. The van der Waals surface area contributed by atoms with Gasteiger partial charge in [-0.2, -0.15) is 0 Å². The molecule has 26 heavy (non-hydrogen) atoms. The highest BCUT2D eigenvalue weighted by atomic mass is 28.5. The molecule has 1 N–H and O–H groups in total. The molecule has 0 aromatic rings. The van der Waals surface area contributed by atoms with Crippen molar-refractivity contribution in [2.75, 3.05) is 19.8 Å². The van der Waals surface area contributed by atoms with Gasteiger partial charge in [0.15, 0.2) is 16.6 Å². The molecule has 0 aliphatic rings. The molecule has 8 heteroatoms. The number of rotatable bonds is 14. The molecular weight excluding hydrogens is 380 g/mol. The summed E-state index contributed by atoms with van der Waals surface area (Å²) in [6.07, 6.45) is 0.190. The Morgan fingerprint density at radius 2 is 1.42 bits per heavy atom. The molecule has 0 bridgehead atoms. The van der Waals surface area contributed by atoms with Gasteiger partial charge in [-0.3, -0.25) is 0 Å². The molecule has 0 aromatic carbocycles. The van der Waals surface area contributed by atoms with Crippen LogP contribution in [-0.2, 0) is 17.7 Å². The summed E-state index contributed by atoms with van der Waals surface area (Å²) in [7, 11) is -5.53. The van der Waals surface area contributed by atoms with Crippen LogP contribution in [0, 0.1) is 0 Å². The Bertz CT molecular complexity index is 439. The van der Waals surface area contributed by atoms with Crippen molar-refractivity contribution >= 4 is 25.2 Å². The molecule has 0 rings (SSSR count). The van der Waals surface area contributed by atoms with Gasteiger partial charge in [0.1, 0.15) is 18.5 Å². The molecule has 0 aromatic heterocycles. The lowest BCUT2D eigenvalue weighted by Gasteiger charge is -2.38. The van der Waals surface area contributed by atoms with Crippen LogP contribution in [0.3, 0.4) is 0 Å². The van der Waals surface area contributed by atoms with Gasteiger partial charge in [0.2, 0.25) is 0 Å². The number of hydrogen-bond donors (Lipinski definition) is 1. The van der Waals surface area contributed by atoms with Crippen molar-refractivity contribution in [3.8, 4) is 0 Å². The zero-order chi connectivity index (χ0) is 20.6. The fraction of sp³-hybridized carbons (Fsp3) is 0.778. The minimum absolute atomic E-state index is 0.162. The molecule has 0 amide bonds. The molecule has 0 saturated carbocycles. The fourth-order valence-electron chi connectivity index (χ4n) is 2.50. The van der Waals surface area contributed by atoms with Crippen molar-refractivity contribution in [2.24, 2.45) is 0 Å². The van der Waals surface area contributed by atoms with E-state index in [0.29, 0.717) is 12.4 Å².